The van der Waals surface area contributed by atoms with Crippen LogP contribution in [-0.2, 0) is 22.4 Å². The van der Waals surface area contributed by atoms with Gasteiger partial charge in [0.25, 0.3) is 0 Å². The highest BCUT2D eigenvalue weighted by Crippen LogP contribution is 2.47. The predicted molar refractivity (Wildman–Crippen MR) is 90.9 cm³/mol. The Morgan fingerprint density at radius 1 is 1.40 bits per heavy atom. The Hall–Kier alpha value is -1.86. The monoisotopic (exact) mass is 362 g/mol. The predicted octanol–water partition coefficient (Wildman–Crippen LogP) is -0.0643. The van der Waals surface area contributed by atoms with Crippen LogP contribution in [0.5, 0.6) is 0 Å². The summed E-state index contributed by atoms with van der Waals surface area (Å²) in [5.74, 6) is -1.15. The van der Waals surface area contributed by atoms with Crippen LogP contribution in [0.25, 0.3) is 0 Å². The number of aromatic nitrogens is 1. The summed E-state index contributed by atoms with van der Waals surface area (Å²) in [6.45, 7) is 4.00. The van der Waals surface area contributed by atoms with E-state index in [2.05, 4.69) is 16.7 Å². The van der Waals surface area contributed by atoms with Gasteiger partial charge in [0.2, 0.25) is 5.91 Å². The Bertz CT molecular complexity index is 751. The van der Waals surface area contributed by atoms with Crippen molar-refractivity contribution in [2.45, 2.75) is 38.5 Å². The number of β-lactam (4-membered cyclic amide) rings is 1. The summed E-state index contributed by atoms with van der Waals surface area (Å²) >= 11 is 1.46. The molecule has 1 saturated heterocycles. The highest BCUT2D eigenvalue weighted by atomic mass is 32.2. The van der Waals surface area contributed by atoms with E-state index in [9.17, 15) is 14.7 Å². The van der Waals surface area contributed by atoms with E-state index in [0.717, 1.165) is 17.0 Å². The molecule has 0 aliphatic carbocycles. The average Bonchev–Trinajstić information content (AvgIpc) is 2.91. The Morgan fingerprint density at radius 3 is 2.60 bits per heavy atom. The minimum absolute atomic E-state index is 0.0177. The molecule has 0 spiro atoms. The number of aryl methyl sites for hydroxylation is 2. The standard InChI is InChI=1S/C18H22N2O4S/c1-10-6-12(7-11(2)19(10)3)9-25-15-8-14-13(4-5-21)17(22)20(14)16(15)18(23)24/h6-7,13-14,21H,4-5,8-9H2,1-3H3/t13-,14+/m0/s1. The minimum atomic E-state index is -1.30. The van der Waals surface area contributed by atoms with Crippen LogP contribution in [0.2, 0.25) is 0 Å². The number of aliphatic carboxylic acids is 1. The van der Waals surface area contributed by atoms with Gasteiger partial charge in [0.05, 0.1) is 23.6 Å². The zero-order valence-corrected chi connectivity index (χ0v) is 15.4. The molecule has 0 saturated carbocycles. The number of carboxylic acid groups (broad SMARTS) is 1. The SMILES string of the molecule is Cc1cc(CSC2=C(C(=O)[O-])N3C(=O)[C@@H](CCO)[C@H]3C2)cc(C)[n+]1C. The lowest BCUT2D eigenvalue weighted by Crippen LogP contribution is -2.59. The smallest absolute Gasteiger partial charge is 0.232 e. The number of nitrogens with zero attached hydrogens (tertiary/aromatic N) is 2. The summed E-state index contributed by atoms with van der Waals surface area (Å²) in [5, 5.41) is 20.6. The van der Waals surface area contributed by atoms with E-state index in [-0.39, 0.29) is 30.2 Å². The molecule has 1 fully saturated rings. The van der Waals surface area contributed by atoms with Crippen LogP contribution in [-0.4, -0.2) is 34.5 Å². The van der Waals surface area contributed by atoms with Crippen molar-refractivity contribution in [3.8, 4) is 0 Å². The van der Waals surface area contributed by atoms with Gasteiger partial charge < -0.3 is 19.9 Å². The van der Waals surface area contributed by atoms with Gasteiger partial charge in [0.1, 0.15) is 7.05 Å². The zero-order chi connectivity index (χ0) is 18.3. The molecule has 7 heteroatoms. The fourth-order valence-corrected chi connectivity index (χ4v) is 4.75. The molecule has 1 aromatic rings. The molecule has 1 amide bonds. The number of rotatable bonds is 6. The van der Waals surface area contributed by atoms with Gasteiger partial charge in [-0.15, -0.1) is 11.8 Å². The molecule has 25 heavy (non-hydrogen) atoms. The summed E-state index contributed by atoms with van der Waals surface area (Å²) in [6.07, 6.45) is 0.912. The average molecular weight is 362 g/mol. The number of aliphatic hydroxyl groups is 1. The Morgan fingerprint density at radius 2 is 2.04 bits per heavy atom. The number of aliphatic hydroxyl groups excluding tert-OH is 1. The molecule has 0 unspecified atom stereocenters. The van der Waals surface area contributed by atoms with Crippen molar-refractivity contribution in [2.24, 2.45) is 13.0 Å². The maximum atomic E-state index is 12.2. The van der Waals surface area contributed by atoms with E-state index in [0.29, 0.717) is 23.5 Å². The highest BCUT2D eigenvalue weighted by molar-refractivity contribution is 8.02. The molecule has 1 N–H and O–H groups in total. The number of carboxylic acids is 1. The lowest BCUT2D eigenvalue weighted by molar-refractivity contribution is -0.683. The van der Waals surface area contributed by atoms with Crippen molar-refractivity contribution in [3.05, 3.63) is 39.7 Å². The summed E-state index contributed by atoms with van der Waals surface area (Å²) in [4.78, 5) is 25.8. The summed E-state index contributed by atoms with van der Waals surface area (Å²) in [6, 6.07) is 4.03. The molecule has 1 aromatic heterocycles. The van der Waals surface area contributed by atoms with Gasteiger partial charge in [-0.2, -0.15) is 0 Å². The van der Waals surface area contributed by atoms with Crippen molar-refractivity contribution < 1.29 is 24.4 Å². The van der Waals surface area contributed by atoms with Crippen LogP contribution >= 0.6 is 11.8 Å². The van der Waals surface area contributed by atoms with Crippen molar-refractivity contribution >= 4 is 23.6 Å². The molecule has 134 valence electrons. The van der Waals surface area contributed by atoms with Crippen molar-refractivity contribution in [1.82, 2.24) is 4.90 Å². The van der Waals surface area contributed by atoms with Crippen molar-refractivity contribution in [3.63, 3.8) is 0 Å². The fourth-order valence-electron chi connectivity index (χ4n) is 3.63. The lowest BCUT2D eigenvalue weighted by Gasteiger charge is -2.44. The van der Waals surface area contributed by atoms with E-state index in [1.165, 1.54) is 16.7 Å². The molecule has 3 rings (SSSR count). The quantitative estimate of drug-likeness (QED) is 0.566. The van der Waals surface area contributed by atoms with Crippen LogP contribution in [0.15, 0.2) is 22.7 Å². The Balaban J connectivity index is 1.78. The lowest BCUT2D eigenvalue weighted by atomic mass is 9.85. The summed E-state index contributed by atoms with van der Waals surface area (Å²) in [7, 11) is 2.01. The molecule has 0 bridgehead atoms. The molecular formula is C18H22N2O4S. The second-order valence-corrected chi connectivity index (χ2v) is 7.72. The fraction of sp³-hybridized carbons (Fsp3) is 0.500. The first-order chi connectivity index (χ1) is 11.8. The number of hydrogen-bond donors (Lipinski definition) is 1. The van der Waals surface area contributed by atoms with Crippen LogP contribution in [0.3, 0.4) is 0 Å². The number of hydrogen-bond acceptors (Lipinski definition) is 5. The molecular weight excluding hydrogens is 340 g/mol. The number of fused-ring (bicyclic) bond motifs is 1. The molecule has 0 aromatic carbocycles. The molecule has 2 atom stereocenters. The van der Waals surface area contributed by atoms with Crippen LogP contribution in [0.4, 0.5) is 0 Å². The molecule has 2 aliphatic rings. The number of amides is 1. The van der Waals surface area contributed by atoms with Gasteiger partial charge in [-0.3, -0.25) is 4.79 Å². The minimum Gasteiger partial charge on any atom is -0.543 e. The van der Waals surface area contributed by atoms with E-state index < -0.39 is 5.97 Å². The van der Waals surface area contributed by atoms with Crippen molar-refractivity contribution in [2.75, 3.05) is 6.61 Å². The third kappa shape index (κ3) is 3.06. The Labute approximate surface area is 151 Å². The number of thioether (sulfide) groups is 1. The van der Waals surface area contributed by atoms with E-state index in [1.807, 2.05) is 20.9 Å². The summed E-state index contributed by atoms with van der Waals surface area (Å²) in [5.41, 5.74) is 3.41. The van der Waals surface area contributed by atoms with Gasteiger partial charge in [0, 0.05) is 49.7 Å². The maximum absolute atomic E-state index is 12.2. The maximum Gasteiger partial charge on any atom is 0.232 e. The van der Waals surface area contributed by atoms with Crippen LogP contribution < -0.4 is 9.67 Å². The summed E-state index contributed by atoms with van der Waals surface area (Å²) < 4.78 is 2.10. The molecule has 0 radical (unpaired) electrons. The third-order valence-electron chi connectivity index (χ3n) is 5.14. The van der Waals surface area contributed by atoms with Crippen LogP contribution in [0.1, 0.15) is 29.8 Å². The van der Waals surface area contributed by atoms with Gasteiger partial charge in [-0.05, 0) is 12.0 Å². The first kappa shape index (κ1) is 17.9. The zero-order valence-electron chi connectivity index (χ0n) is 14.6. The first-order valence-electron chi connectivity index (χ1n) is 8.32. The molecule has 2 aliphatic heterocycles. The second kappa shape index (κ2) is 6.80. The van der Waals surface area contributed by atoms with Gasteiger partial charge >= 0.3 is 0 Å². The van der Waals surface area contributed by atoms with Gasteiger partial charge in [0.15, 0.2) is 11.4 Å². The third-order valence-corrected chi connectivity index (χ3v) is 6.33. The first-order valence-corrected chi connectivity index (χ1v) is 9.31. The highest BCUT2D eigenvalue weighted by Gasteiger charge is 2.53. The normalized spacial score (nSPS) is 22.2. The number of carbonyl (C=O) groups excluding carboxylic acids is 2. The number of carbonyl (C=O) groups is 2. The molecule has 6 nitrogen and oxygen atoms in total. The van der Waals surface area contributed by atoms with Crippen molar-refractivity contribution in [1.29, 1.82) is 0 Å². The van der Waals surface area contributed by atoms with E-state index in [4.69, 9.17) is 5.11 Å². The van der Waals surface area contributed by atoms with E-state index >= 15 is 0 Å². The van der Waals surface area contributed by atoms with E-state index in [1.54, 1.807) is 0 Å². The van der Waals surface area contributed by atoms with Gasteiger partial charge in [-0.25, -0.2) is 4.57 Å². The van der Waals surface area contributed by atoms with Gasteiger partial charge in [-0.1, -0.05) is 0 Å². The topological polar surface area (TPSA) is 84.5 Å². The second-order valence-electron chi connectivity index (χ2n) is 6.65. The Kier molecular flexibility index (Phi) is 4.88. The van der Waals surface area contributed by atoms with Crippen LogP contribution in [0, 0.1) is 19.8 Å². The largest absolute Gasteiger partial charge is 0.543 e. The number of pyridine rings is 1. The molecule has 3 heterocycles.